The zero-order valence-corrected chi connectivity index (χ0v) is 29.8. The van der Waals surface area contributed by atoms with E-state index in [4.69, 9.17) is 28.4 Å². The number of hydrogen-bond donors (Lipinski definition) is 0. The number of halogens is 2. The molecule has 0 unspecified atom stereocenters. The van der Waals surface area contributed by atoms with Crippen LogP contribution >= 0.6 is 0 Å². The zero-order valence-electron chi connectivity index (χ0n) is 28.3. The summed E-state index contributed by atoms with van der Waals surface area (Å²) in [6.07, 6.45) is 2.68. The van der Waals surface area contributed by atoms with Crippen LogP contribution in [0.4, 0.5) is 0 Å². The fraction of sp³-hybridized carbons (Fsp3) is 0.368. The Labute approximate surface area is 295 Å². The zero-order chi connectivity index (χ0) is 31.8. The molecule has 0 fully saturated rings. The Morgan fingerprint density at radius 3 is 2.12 bits per heavy atom. The first-order chi connectivity index (χ1) is 22.1. The number of quaternary nitrogens is 2. The SMILES string of the molecule is COc1ccc2cc1Oc1ccc(cc1)C[C@H]1c3c(cc4c(c3Oc3cc5c(cc3OC)CC[N+](C)(C)[C@H]25)OCO4)CC[N+]1(C)C.[Cl-].[Cl-]. The number of benzene rings is 4. The molecular formula is C38H42Cl2N2O6. The predicted molar refractivity (Wildman–Crippen MR) is 175 cm³/mol. The van der Waals surface area contributed by atoms with E-state index in [0.717, 1.165) is 64.1 Å². The van der Waals surface area contributed by atoms with Crippen molar-refractivity contribution in [2.24, 2.45) is 0 Å². The van der Waals surface area contributed by atoms with E-state index >= 15 is 0 Å². The number of methoxy groups -OCH3 is 2. The van der Waals surface area contributed by atoms with Gasteiger partial charge in [-0.05, 0) is 65.2 Å². The summed E-state index contributed by atoms with van der Waals surface area (Å²) >= 11 is 0. The molecule has 48 heavy (non-hydrogen) atoms. The number of likely N-dealkylation sites (N-methyl/N-ethyl adjacent to an activating group) is 2. The molecule has 0 aliphatic carbocycles. The van der Waals surface area contributed by atoms with E-state index in [2.05, 4.69) is 82.8 Å². The van der Waals surface area contributed by atoms with Crippen LogP contribution in [0.2, 0.25) is 0 Å². The van der Waals surface area contributed by atoms with Gasteiger partial charge in [0.1, 0.15) is 17.8 Å². The van der Waals surface area contributed by atoms with Crippen molar-refractivity contribution in [3.63, 3.8) is 0 Å². The van der Waals surface area contributed by atoms with Crippen molar-refractivity contribution in [1.82, 2.24) is 0 Å². The standard InChI is InChI=1S/C38H42N2O6.2ClH/c1-39(2)15-14-25-19-34-37(44-22-43-34)38-35(25)29(39)17-23-7-10-27(11-8-23)45-32-20-26(9-12-30(32)41-5)36-28-21-33(46-38)31(42-6)18-24(28)13-16-40(36,3)4;;/h7-12,18-21,29,36H,13-17,22H2,1-6H3;2*1H/q+2;;/p-2/t29-,36+;;/m0../s1. The van der Waals surface area contributed by atoms with Crippen LogP contribution in [0.25, 0.3) is 0 Å². The smallest absolute Gasteiger partial charge is 0.231 e. The lowest BCUT2D eigenvalue weighted by atomic mass is 9.85. The lowest BCUT2D eigenvalue weighted by Crippen LogP contribution is -3.00. The van der Waals surface area contributed by atoms with E-state index in [1.165, 1.54) is 27.8 Å². The van der Waals surface area contributed by atoms with Crippen molar-refractivity contribution >= 4 is 0 Å². The lowest BCUT2D eigenvalue weighted by Gasteiger charge is -2.44. The van der Waals surface area contributed by atoms with Gasteiger partial charge >= 0.3 is 0 Å². The summed E-state index contributed by atoms with van der Waals surface area (Å²) in [4.78, 5) is 0. The Hall–Kier alpha value is -3.82. The van der Waals surface area contributed by atoms with Crippen molar-refractivity contribution in [3.8, 4) is 46.0 Å². The Kier molecular flexibility index (Phi) is 8.92. The normalized spacial score (nSPS) is 20.5. The van der Waals surface area contributed by atoms with Crippen molar-refractivity contribution in [1.29, 1.82) is 0 Å². The van der Waals surface area contributed by atoms with Gasteiger partial charge in [-0.25, -0.2) is 0 Å². The van der Waals surface area contributed by atoms with Gasteiger partial charge in [0.25, 0.3) is 0 Å². The summed E-state index contributed by atoms with van der Waals surface area (Å²) in [5.74, 6) is 5.70. The molecule has 6 bridgehead atoms. The van der Waals surface area contributed by atoms with E-state index < -0.39 is 0 Å². The Balaban J connectivity index is 0.00000201. The van der Waals surface area contributed by atoms with Gasteiger partial charge in [0, 0.05) is 30.4 Å². The van der Waals surface area contributed by atoms with Gasteiger partial charge in [0.2, 0.25) is 12.5 Å². The summed E-state index contributed by atoms with van der Waals surface area (Å²) in [6, 6.07) is 21.4. The molecule has 0 saturated heterocycles. The first kappa shape index (κ1) is 34.1. The van der Waals surface area contributed by atoms with E-state index in [-0.39, 0.29) is 43.7 Å². The molecule has 9 rings (SSSR count). The number of hydrogen-bond acceptors (Lipinski definition) is 6. The van der Waals surface area contributed by atoms with Crippen LogP contribution in [0.15, 0.2) is 60.7 Å². The highest BCUT2D eigenvalue weighted by atomic mass is 35.5. The largest absolute Gasteiger partial charge is 1.00 e. The van der Waals surface area contributed by atoms with E-state index in [0.29, 0.717) is 28.7 Å². The molecule has 0 aromatic heterocycles. The summed E-state index contributed by atoms with van der Waals surface area (Å²) < 4.78 is 39.2. The highest BCUT2D eigenvalue weighted by Crippen LogP contribution is 2.54. The second-order valence-corrected chi connectivity index (χ2v) is 14.1. The van der Waals surface area contributed by atoms with Gasteiger partial charge in [0.05, 0.1) is 61.1 Å². The Morgan fingerprint density at radius 2 is 1.38 bits per heavy atom. The minimum Gasteiger partial charge on any atom is -1.00 e. The van der Waals surface area contributed by atoms with Crippen LogP contribution in [-0.4, -0.2) is 71.3 Å². The maximum Gasteiger partial charge on any atom is 0.231 e. The summed E-state index contributed by atoms with van der Waals surface area (Å²) in [6.45, 7) is 2.16. The first-order valence-electron chi connectivity index (χ1n) is 16.1. The molecule has 4 aromatic carbocycles. The first-order valence-corrected chi connectivity index (χ1v) is 16.1. The molecular weight excluding hydrogens is 651 g/mol. The maximum absolute atomic E-state index is 7.10. The Morgan fingerprint density at radius 1 is 0.667 bits per heavy atom. The molecule has 5 aliphatic heterocycles. The van der Waals surface area contributed by atoms with Crippen LogP contribution in [-0.2, 0) is 19.3 Å². The molecule has 0 N–H and O–H groups in total. The summed E-state index contributed by atoms with van der Waals surface area (Å²) in [7, 11) is 12.6. The van der Waals surface area contributed by atoms with Crippen LogP contribution in [0.5, 0.6) is 46.0 Å². The van der Waals surface area contributed by atoms with E-state index in [1.54, 1.807) is 14.2 Å². The van der Waals surface area contributed by atoms with Gasteiger partial charge in [0.15, 0.2) is 34.5 Å². The topological polar surface area (TPSA) is 55.4 Å². The molecule has 0 radical (unpaired) electrons. The van der Waals surface area contributed by atoms with E-state index in [1.807, 2.05) is 6.07 Å². The van der Waals surface area contributed by atoms with Crippen molar-refractivity contribution < 1.29 is 62.2 Å². The van der Waals surface area contributed by atoms with Crippen molar-refractivity contribution in [3.05, 3.63) is 94.0 Å². The number of nitrogens with zero attached hydrogens (tertiary/aromatic N) is 2. The molecule has 0 saturated carbocycles. The van der Waals surface area contributed by atoms with Crippen molar-refractivity contribution in [2.45, 2.75) is 31.3 Å². The van der Waals surface area contributed by atoms with Crippen LogP contribution in [0, 0.1) is 0 Å². The van der Waals surface area contributed by atoms with Crippen LogP contribution in [0.3, 0.4) is 0 Å². The van der Waals surface area contributed by atoms with Gasteiger partial charge < -0.3 is 62.2 Å². The monoisotopic (exact) mass is 692 g/mol. The average molecular weight is 694 g/mol. The van der Waals surface area contributed by atoms with E-state index in [9.17, 15) is 0 Å². The molecule has 254 valence electrons. The minimum atomic E-state index is 0. The molecule has 10 heteroatoms. The van der Waals surface area contributed by atoms with Crippen LogP contribution < -0.4 is 53.2 Å². The second kappa shape index (κ2) is 12.6. The third-order valence-electron chi connectivity index (χ3n) is 10.6. The minimum absolute atomic E-state index is 0. The van der Waals surface area contributed by atoms with Gasteiger partial charge in [-0.1, -0.05) is 12.1 Å². The fourth-order valence-corrected chi connectivity index (χ4v) is 7.94. The van der Waals surface area contributed by atoms with Crippen LogP contribution in [0.1, 0.15) is 45.5 Å². The maximum atomic E-state index is 7.10. The van der Waals surface area contributed by atoms with Crippen molar-refractivity contribution in [2.75, 3.05) is 62.3 Å². The number of fused-ring (bicyclic) bond motifs is 3. The highest BCUT2D eigenvalue weighted by Gasteiger charge is 2.43. The molecule has 0 amide bonds. The molecule has 8 nitrogen and oxygen atoms in total. The van der Waals surface area contributed by atoms with Gasteiger partial charge in [-0.2, -0.15) is 0 Å². The third-order valence-corrected chi connectivity index (χ3v) is 10.6. The quantitative estimate of drug-likeness (QED) is 0.292. The Bertz CT molecular complexity index is 1860. The van der Waals surface area contributed by atoms with Gasteiger partial charge in [-0.3, -0.25) is 0 Å². The molecule has 0 spiro atoms. The summed E-state index contributed by atoms with van der Waals surface area (Å²) in [5.41, 5.74) is 7.26. The molecule has 4 aromatic rings. The molecule has 5 aliphatic rings. The molecule has 2 atom stereocenters. The summed E-state index contributed by atoms with van der Waals surface area (Å²) in [5, 5.41) is 0. The number of ether oxygens (including phenoxy) is 6. The molecule has 5 heterocycles. The second-order valence-electron chi connectivity index (χ2n) is 14.1. The predicted octanol–water partition coefficient (Wildman–Crippen LogP) is 0.977. The lowest BCUT2D eigenvalue weighted by molar-refractivity contribution is -0.923. The highest BCUT2D eigenvalue weighted by molar-refractivity contribution is 5.64. The third kappa shape index (κ3) is 5.58. The fourth-order valence-electron chi connectivity index (χ4n) is 7.94. The van der Waals surface area contributed by atoms with Gasteiger partial charge in [-0.15, -0.1) is 0 Å². The number of rotatable bonds is 2. The average Bonchev–Trinajstić information content (AvgIpc) is 3.51.